The lowest BCUT2D eigenvalue weighted by atomic mass is 9.46. The van der Waals surface area contributed by atoms with Crippen molar-refractivity contribution >= 4 is 6.09 Å². The summed E-state index contributed by atoms with van der Waals surface area (Å²) in [7, 11) is 3.52. The summed E-state index contributed by atoms with van der Waals surface area (Å²) >= 11 is 0. The van der Waals surface area contributed by atoms with E-state index in [9.17, 15) is 4.79 Å². The van der Waals surface area contributed by atoms with Gasteiger partial charge in [-0.05, 0) is 115 Å². The molecule has 2 saturated heterocycles. The Kier molecular flexibility index (Phi) is 7.32. The quantitative estimate of drug-likeness (QED) is 0.411. The molecular weight excluding hydrogens is 528 g/mol. The summed E-state index contributed by atoms with van der Waals surface area (Å²) in [4.78, 5) is 14.0. The summed E-state index contributed by atoms with van der Waals surface area (Å²) in [6.45, 7) is 14.5. The molecule has 0 aromatic rings. The van der Waals surface area contributed by atoms with E-state index in [0.717, 1.165) is 43.9 Å². The zero-order chi connectivity index (χ0) is 29.7. The predicted molar refractivity (Wildman–Crippen MR) is 162 cm³/mol. The van der Waals surface area contributed by atoms with E-state index < -0.39 is 0 Å². The molecule has 7 aliphatic rings. The predicted octanol–water partition coefficient (Wildman–Crippen LogP) is 6.25. The topological polar surface area (TPSA) is 69.3 Å². The average molecular weight is 587 g/mol. The van der Waals surface area contributed by atoms with E-state index in [2.05, 4.69) is 39.9 Å². The molecule has 7 heteroatoms. The Bertz CT molecular complexity index is 1040. The van der Waals surface area contributed by atoms with E-state index in [1.54, 1.807) is 14.1 Å². The molecule has 0 aromatic carbocycles. The van der Waals surface area contributed by atoms with Gasteiger partial charge in [-0.15, -0.1) is 0 Å². The first-order valence-corrected chi connectivity index (χ1v) is 17.4. The monoisotopic (exact) mass is 586 g/mol. The molecule has 7 rings (SSSR count). The highest BCUT2D eigenvalue weighted by molar-refractivity contribution is 5.67. The Labute approximate surface area is 254 Å². The molecule has 7 nitrogen and oxygen atoms in total. The summed E-state index contributed by atoms with van der Waals surface area (Å²) in [5, 5.41) is 3.45. The van der Waals surface area contributed by atoms with Gasteiger partial charge in [0.2, 0.25) is 0 Å². The van der Waals surface area contributed by atoms with Gasteiger partial charge < -0.3 is 29.2 Å². The Balaban J connectivity index is 1.07. The molecule has 238 valence electrons. The Morgan fingerprint density at radius 2 is 1.74 bits per heavy atom. The van der Waals surface area contributed by atoms with Crippen molar-refractivity contribution in [2.45, 2.75) is 130 Å². The largest absolute Gasteiger partial charge is 0.443 e. The Hall–Kier alpha value is -0.890. The first-order chi connectivity index (χ1) is 19.9. The molecule has 1 N–H and O–H groups in total. The van der Waals surface area contributed by atoms with Crippen LogP contribution in [0.15, 0.2) is 0 Å². The number of nitrogens with one attached hydrogen (secondary N) is 1. The molecule has 0 aromatic heterocycles. The van der Waals surface area contributed by atoms with Gasteiger partial charge in [0, 0.05) is 27.2 Å². The fourth-order valence-corrected chi connectivity index (χ4v) is 12.4. The second kappa shape index (κ2) is 10.3. The zero-order valence-corrected chi connectivity index (χ0v) is 27.5. The average Bonchev–Trinajstić information content (AvgIpc) is 3.53. The van der Waals surface area contributed by atoms with Crippen molar-refractivity contribution in [1.29, 1.82) is 0 Å². The second-order valence-electron chi connectivity index (χ2n) is 16.9. The number of nitrogens with zero attached hydrogens (tertiary/aromatic N) is 1. The lowest BCUT2D eigenvalue weighted by Gasteiger charge is -2.60. The molecule has 2 heterocycles. The van der Waals surface area contributed by atoms with Crippen molar-refractivity contribution in [3.63, 3.8) is 0 Å². The van der Waals surface area contributed by atoms with E-state index in [0.29, 0.717) is 28.3 Å². The van der Waals surface area contributed by atoms with Crippen LogP contribution in [0.5, 0.6) is 0 Å². The molecule has 12 atom stereocenters. The molecule has 42 heavy (non-hydrogen) atoms. The van der Waals surface area contributed by atoms with Crippen LogP contribution in [-0.2, 0) is 18.9 Å². The molecule has 5 aliphatic carbocycles. The van der Waals surface area contributed by atoms with Crippen LogP contribution in [0, 0.1) is 51.2 Å². The SMILES string of the molecule is CC(C)[C@@H](OC(=O)N(C)C)[C@H]1CC[C@H]2[C@@H](CC3[C@@H]4CC[C@H]5C(C)(C)[C@@H](OC6CNCCO6)CC[C@@]56C[C@@]46CCC32C)O1. The summed E-state index contributed by atoms with van der Waals surface area (Å²) < 4.78 is 25.6. The number of morpholine rings is 1. The number of carbonyl (C=O) groups is 1. The molecule has 2 spiro atoms. The smallest absolute Gasteiger partial charge is 0.409 e. The zero-order valence-electron chi connectivity index (χ0n) is 27.5. The highest BCUT2D eigenvalue weighted by atomic mass is 16.7. The Morgan fingerprint density at radius 1 is 0.952 bits per heavy atom. The van der Waals surface area contributed by atoms with Crippen LogP contribution in [-0.4, -0.2) is 75.5 Å². The molecule has 7 fully saturated rings. The third-order valence-corrected chi connectivity index (χ3v) is 14.4. The van der Waals surface area contributed by atoms with Crippen molar-refractivity contribution < 1.29 is 23.7 Å². The third-order valence-electron chi connectivity index (χ3n) is 14.4. The number of ether oxygens (including phenoxy) is 4. The van der Waals surface area contributed by atoms with Gasteiger partial charge in [0.1, 0.15) is 6.10 Å². The fraction of sp³-hybridized carbons (Fsp3) is 0.971. The maximum Gasteiger partial charge on any atom is 0.409 e. The summed E-state index contributed by atoms with van der Waals surface area (Å²) in [5.74, 6) is 3.24. The number of hydrogen-bond acceptors (Lipinski definition) is 6. The van der Waals surface area contributed by atoms with Gasteiger partial charge in [0.25, 0.3) is 0 Å². The van der Waals surface area contributed by atoms with Crippen LogP contribution in [0.1, 0.15) is 98.8 Å². The van der Waals surface area contributed by atoms with Gasteiger partial charge in [-0.25, -0.2) is 4.79 Å². The van der Waals surface area contributed by atoms with Gasteiger partial charge >= 0.3 is 6.09 Å². The number of fused-ring (bicyclic) bond motifs is 4. The third kappa shape index (κ3) is 4.29. The van der Waals surface area contributed by atoms with E-state index in [-0.39, 0.29) is 42.0 Å². The maximum absolute atomic E-state index is 12.5. The van der Waals surface area contributed by atoms with E-state index in [1.165, 1.54) is 62.7 Å². The summed E-state index contributed by atoms with van der Waals surface area (Å²) in [5.41, 5.74) is 1.63. The number of carbonyl (C=O) groups excluding carboxylic acids is 1. The summed E-state index contributed by atoms with van der Waals surface area (Å²) in [6, 6.07) is 0. The lowest BCUT2D eigenvalue weighted by Crippen LogP contribution is -2.56. The van der Waals surface area contributed by atoms with Crippen LogP contribution in [0.25, 0.3) is 0 Å². The van der Waals surface area contributed by atoms with Gasteiger partial charge in [0.05, 0.1) is 24.9 Å². The van der Waals surface area contributed by atoms with Gasteiger partial charge in [-0.2, -0.15) is 0 Å². The highest BCUT2D eigenvalue weighted by Gasteiger charge is 2.80. The van der Waals surface area contributed by atoms with Crippen molar-refractivity contribution in [3.8, 4) is 0 Å². The van der Waals surface area contributed by atoms with Crippen LogP contribution < -0.4 is 5.32 Å². The normalized spacial score (nSPS) is 49.5. The van der Waals surface area contributed by atoms with Gasteiger partial charge in [0.15, 0.2) is 6.29 Å². The van der Waals surface area contributed by atoms with Crippen molar-refractivity contribution in [1.82, 2.24) is 10.2 Å². The molecule has 5 saturated carbocycles. The minimum absolute atomic E-state index is 0.00953. The highest BCUT2D eigenvalue weighted by Crippen LogP contribution is 2.87. The van der Waals surface area contributed by atoms with Crippen LogP contribution >= 0.6 is 0 Å². The maximum atomic E-state index is 12.5. The lowest BCUT2D eigenvalue weighted by molar-refractivity contribution is -0.232. The number of amides is 1. The van der Waals surface area contributed by atoms with Gasteiger partial charge in [-0.3, -0.25) is 0 Å². The molecule has 3 unspecified atom stereocenters. The molecular formula is C35H58N2O5. The minimum atomic E-state index is -0.254. The minimum Gasteiger partial charge on any atom is -0.443 e. The van der Waals surface area contributed by atoms with Gasteiger partial charge in [-0.1, -0.05) is 34.6 Å². The van der Waals surface area contributed by atoms with Crippen LogP contribution in [0.2, 0.25) is 0 Å². The number of hydrogen-bond donors (Lipinski definition) is 1. The van der Waals surface area contributed by atoms with Crippen LogP contribution in [0.4, 0.5) is 4.79 Å². The van der Waals surface area contributed by atoms with E-state index in [4.69, 9.17) is 18.9 Å². The Morgan fingerprint density at radius 3 is 2.45 bits per heavy atom. The van der Waals surface area contributed by atoms with E-state index in [1.807, 2.05) is 0 Å². The molecule has 0 radical (unpaired) electrons. The fourth-order valence-electron chi connectivity index (χ4n) is 12.4. The summed E-state index contributed by atoms with van der Waals surface area (Å²) in [6.07, 6.45) is 13.0. The standard InChI is InChI=1S/C35H58N2O5/c1-21(2)30(42-31(38)37(6)7)25-10-8-23-26(40-25)18-24-22-9-11-27-32(3,4)28(41-29-19-36-16-17-39-29)12-13-35(27)20-34(22,35)15-14-33(23,24)5/h21-30,36H,8-20H2,1-7H3/t22-,23-,24?,25+,26+,27-,28-,29?,30+,33?,34-,35+/m0/s1. The first-order valence-electron chi connectivity index (χ1n) is 17.4. The van der Waals surface area contributed by atoms with E-state index >= 15 is 0 Å². The van der Waals surface area contributed by atoms with Crippen LogP contribution in [0.3, 0.4) is 0 Å². The van der Waals surface area contributed by atoms with Crippen molar-refractivity contribution in [2.75, 3.05) is 33.8 Å². The molecule has 1 amide bonds. The first kappa shape index (κ1) is 29.8. The molecule has 0 bridgehead atoms. The van der Waals surface area contributed by atoms with Crippen molar-refractivity contribution in [3.05, 3.63) is 0 Å². The second-order valence-corrected chi connectivity index (χ2v) is 16.9. The number of rotatable bonds is 5. The van der Waals surface area contributed by atoms with Crippen molar-refractivity contribution in [2.24, 2.45) is 51.2 Å². The molecule has 2 aliphatic heterocycles.